The number of nitriles is 1. The van der Waals surface area contributed by atoms with Gasteiger partial charge in [0, 0.05) is 0 Å². The summed E-state index contributed by atoms with van der Waals surface area (Å²) in [7, 11) is 0. The van der Waals surface area contributed by atoms with Crippen molar-refractivity contribution in [2.24, 2.45) is 5.10 Å². The summed E-state index contributed by atoms with van der Waals surface area (Å²) in [6.45, 7) is 0.248. The van der Waals surface area contributed by atoms with E-state index in [-0.39, 0.29) is 6.79 Å². The largest absolute Gasteiger partial charge is 0.454 e. The summed E-state index contributed by atoms with van der Waals surface area (Å²) in [6, 6.07) is 7.69. The van der Waals surface area contributed by atoms with Crippen LogP contribution in [0.5, 0.6) is 11.5 Å². The van der Waals surface area contributed by atoms with Crippen LogP contribution in [0.15, 0.2) is 28.3 Å². The highest BCUT2D eigenvalue weighted by Crippen LogP contribution is 2.32. The SMILES string of the molecule is CSc1nsc(N/N=C\c2ccc3c(c2)OCO3)c1C#N. The topological polar surface area (TPSA) is 79.5 Å². The Balaban J connectivity index is 1.73. The number of thioether (sulfide) groups is 1. The van der Waals surface area contributed by atoms with Gasteiger partial charge in [-0.15, -0.1) is 11.8 Å². The zero-order valence-corrected chi connectivity index (χ0v) is 12.6. The molecule has 1 aliphatic heterocycles. The second-order valence-electron chi connectivity index (χ2n) is 3.99. The molecular weight excluding hydrogens is 308 g/mol. The molecule has 0 amide bonds. The van der Waals surface area contributed by atoms with E-state index in [1.165, 1.54) is 23.3 Å². The van der Waals surface area contributed by atoms with E-state index in [2.05, 4.69) is 21.0 Å². The minimum absolute atomic E-state index is 0.248. The van der Waals surface area contributed by atoms with E-state index in [9.17, 15) is 0 Å². The molecule has 0 radical (unpaired) electrons. The normalized spacial score (nSPS) is 12.6. The van der Waals surface area contributed by atoms with Gasteiger partial charge in [0.25, 0.3) is 0 Å². The van der Waals surface area contributed by atoms with Crippen LogP contribution in [0.3, 0.4) is 0 Å². The summed E-state index contributed by atoms with van der Waals surface area (Å²) in [5, 5.41) is 14.6. The van der Waals surface area contributed by atoms with E-state index >= 15 is 0 Å². The third-order valence-electron chi connectivity index (χ3n) is 2.74. The Morgan fingerprint density at radius 2 is 2.33 bits per heavy atom. The lowest BCUT2D eigenvalue weighted by atomic mass is 10.2. The maximum absolute atomic E-state index is 9.12. The van der Waals surface area contributed by atoms with Crippen LogP contribution in [0, 0.1) is 11.3 Å². The number of nitrogens with one attached hydrogen (secondary N) is 1. The van der Waals surface area contributed by atoms with Gasteiger partial charge < -0.3 is 9.47 Å². The number of hydrogen-bond donors (Lipinski definition) is 1. The maximum Gasteiger partial charge on any atom is 0.231 e. The van der Waals surface area contributed by atoms with Crippen molar-refractivity contribution in [3.8, 4) is 17.6 Å². The van der Waals surface area contributed by atoms with Gasteiger partial charge >= 0.3 is 0 Å². The second kappa shape index (κ2) is 6.03. The number of benzene rings is 1. The molecule has 0 saturated heterocycles. The van der Waals surface area contributed by atoms with Crippen LogP contribution >= 0.6 is 23.3 Å². The smallest absolute Gasteiger partial charge is 0.231 e. The molecule has 0 spiro atoms. The van der Waals surface area contributed by atoms with Gasteiger partial charge in [-0.05, 0) is 41.6 Å². The van der Waals surface area contributed by atoms with Crippen molar-refractivity contribution in [1.82, 2.24) is 4.37 Å². The molecule has 1 N–H and O–H groups in total. The lowest BCUT2D eigenvalue weighted by Crippen LogP contribution is -1.93. The van der Waals surface area contributed by atoms with Gasteiger partial charge in [0.2, 0.25) is 6.79 Å². The Morgan fingerprint density at radius 1 is 1.48 bits per heavy atom. The quantitative estimate of drug-likeness (QED) is 0.530. The molecule has 2 aromatic rings. The summed E-state index contributed by atoms with van der Waals surface area (Å²) in [5.74, 6) is 1.44. The number of ether oxygens (including phenoxy) is 2. The number of hydrogen-bond acceptors (Lipinski definition) is 8. The fourth-order valence-corrected chi connectivity index (χ4v) is 3.17. The van der Waals surface area contributed by atoms with Gasteiger partial charge in [0.05, 0.1) is 6.21 Å². The van der Waals surface area contributed by atoms with Crippen molar-refractivity contribution in [3.63, 3.8) is 0 Å². The second-order valence-corrected chi connectivity index (χ2v) is 5.56. The zero-order chi connectivity index (χ0) is 14.7. The first-order valence-electron chi connectivity index (χ1n) is 5.94. The molecule has 0 saturated carbocycles. The third kappa shape index (κ3) is 2.79. The molecule has 106 valence electrons. The van der Waals surface area contributed by atoms with Crippen LogP contribution < -0.4 is 14.9 Å². The lowest BCUT2D eigenvalue weighted by Gasteiger charge is -1.98. The zero-order valence-electron chi connectivity index (χ0n) is 11.0. The molecule has 1 aromatic carbocycles. The maximum atomic E-state index is 9.12. The fourth-order valence-electron chi connectivity index (χ4n) is 1.75. The van der Waals surface area contributed by atoms with Crippen molar-refractivity contribution in [1.29, 1.82) is 5.26 Å². The molecular formula is C13H10N4O2S2. The van der Waals surface area contributed by atoms with Gasteiger partial charge in [0.15, 0.2) is 11.5 Å². The highest BCUT2D eigenvalue weighted by atomic mass is 32.2. The molecule has 0 unspecified atom stereocenters. The molecule has 8 heteroatoms. The highest BCUT2D eigenvalue weighted by Gasteiger charge is 2.13. The summed E-state index contributed by atoms with van der Waals surface area (Å²) >= 11 is 2.66. The van der Waals surface area contributed by atoms with Crippen molar-refractivity contribution < 1.29 is 9.47 Å². The number of nitrogens with zero attached hydrogens (tertiary/aromatic N) is 3. The molecule has 1 aromatic heterocycles. The monoisotopic (exact) mass is 318 g/mol. The van der Waals surface area contributed by atoms with Crippen LogP contribution in [-0.2, 0) is 0 Å². The number of anilines is 1. The molecule has 6 nitrogen and oxygen atoms in total. The Morgan fingerprint density at radius 3 is 3.14 bits per heavy atom. The molecule has 0 aliphatic carbocycles. The molecule has 0 fully saturated rings. The summed E-state index contributed by atoms with van der Waals surface area (Å²) in [4.78, 5) is 0. The minimum Gasteiger partial charge on any atom is -0.454 e. The summed E-state index contributed by atoms with van der Waals surface area (Å²) in [6.07, 6.45) is 3.54. The fraction of sp³-hybridized carbons (Fsp3) is 0.154. The van der Waals surface area contributed by atoms with Gasteiger partial charge in [-0.2, -0.15) is 14.7 Å². The van der Waals surface area contributed by atoms with E-state index < -0.39 is 0 Å². The molecule has 3 rings (SSSR count). The van der Waals surface area contributed by atoms with Crippen LogP contribution in [0.1, 0.15) is 11.1 Å². The van der Waals surface area contributed by atoms with Gasteiger partial charge in [-0.1, -0.05) is 0 Å². The number of aromatic nitrogens is 1. The average Bonchev–Trinajstić information content (AvgIpc) is 3.12. The van der Waals surface area contributed by atoms with Gasteiger partial charge in [0.1, 0.15) is 21.7 Å². The molecule has 0 bridgehead atoms. The van der Waals surface area contributed by atoms with Crippen molar-refractivity contribution >= 4 is 34.5 Å². The standard InChI is InChI=1S/C13H10N4O2S2/c1-20-13-9(5-14)12(21-17-13)16-15-6-8-2-3-10-11(4-8)19-7-18-10/h2-4,6,16H,7H2,1H3/b15-6-. The Kier molecular flexibility index (Phi) is 3.94. The Labute approximate surface area is 129 Å². The number of fused-ring (bicyclic) bond motifs is 1. The number of hydrazone groups is 1. The van der Waals surface area contributed by atoms with Crippen molar-refractivity contribution in [2.45, 2.75) is 5.03 Å². The number of rotatable bonds is 4. The van der Waals surface area contributed by atoms with Crippen LogP contribution in [0.4, 0.5) is 5.00 Å². The van der Waals surface area contributed by atoms with E-state index in [4.69, 9.17) is 14.7 Å². The predicted octanol–water partition coefficient (Wildman–Crippen LogP) is 2.91. The highest BCUT2D eigenvalue weighted by molar-refractivity contribution is 7.98. The summed E-state index contributed by atoms with van der Waals surface area (Å²) < 4.78 is 14.7. The first kappa shape index (κ1) is 13.7. The van der Waals surface area contributed by atoms with E-state index in [1.54, 1.807) is 6.21 Å². The first-order valence-corrected chi connectivity index (χ1v) is 7.94. The van der Waals surface area contributed by atoms with Crippen LogP contribution in [0.2, 0.25) is 0 Å². The van der Waals surface area contributed by atoms with Gasteiger partial charge in [-0.3, -0.25) is 5.43 Å². The summed E-state index contributed by atoms with van der Waals surface area (Å²) in [5.41, 5.74) is 4.25. The Bertz CT molecular complexity index is 736. The molecule has 2 heterocycles. The van der Waals surface area contributed by atoms with E-state index in [1.807, 2.05) is 24.5 Å². The lowest BCUT2D eigenvalue weighted by molar-refractivity contribution is 0.174. The first-order chi connectivity index (χ1) is 10.3. The third-order valence-corrected chi connectivity index (χ3v) is 4.29. The minimum atomic E-state index is 0.248. The van der Waals surface area contributed by atoms with Crippen molar-refractivity contribution in [2.75, 3.05) is 18.5 Å². The van der Waals surface area contributed by atoms with Crippen molar-refractivity contribution in [3.05, 3.63) is 29.3 Å². The van der Waals surface area contributed by atoms with Crippen LogP contribution in [0.25, 0.3) is 0 Å². The molecule has 1 aliphatic rings. The molecule has 21 heavy (non-hydrogen) atoms. The van der Waals surface area contributed by atoms with Gasteiger partial charge in [-0.25, -0.2) is 0 Å². The molecule has 0 atom stereocenters. The predicted molar refractivity (Wildman–Crippen MR) is 82.4 cm³/mol. The average molecular weight is 318 g/mol. The van der Waals surface area contributed by atoms with E-state index in [0.29, 0.717) is 21.3 Å². The van der Waals surface area contributed by atoms with Crippen LogP contribution in [-0.4, -0.2) is 23.6 Å². The van der Waals surface area contributed by atoms with E-state index in [0.717, 1.165) is 11.3 Å². The Hall–Kier alpha value is -2.24.